The van der Waals surface area contributed by atoms with Crippen molar-refractivity contribution < 1.29 is 14.7 Å². The second kappa shape index (κ2) is 6.58. The zero-order valence-corrected chi connectivity index (χ0v) is 10.8. The van der Waals surface area contributed by atoms with Crippen molar-refractivity contribution in [3.05, 3.63) is 18.2 Å². The Kier molecular flexibility index (Phi) is 5.10. The molecule has 18 heavy (non-hydrogen) atoms. The van der Waals surface area contributed by atoms with Gasteiger partial charge in [0.1, 0.15) is 5.84 Å². The van der Waals surface area contributed by atoms with Gasteiger partial charge < -0.3 is 25.7 Å². The summed E-state index contributed by atoms with van der Waals surface area (Å²) in [5, 5.41) is 14.7. The molecule has 0 radical (unpaired) electrons. The van der Waals surface area contributed by atoms with Crippen LogP contribution in [0.1, 0.15) is 6.92 Å². The van der Waals surface area contributed by atoms with Crippen LogP contribution in [0.25, 0.3) is 0 Å². The van der Waals surface area contributed by atoms with Crippen LogP contribution in [0.2, 0.25) is 0 Å². The third-order valence-electron chi connectivity index (χ3n) is 2.62. The lowest BCUT2D eigenvalue weighted by Gasteiger charge is -2.14. The van der Waals surface area contributed by atoms with Crippen molar-refractivity contribution in [3.8, 4) is 11.5 Å². The predicted octanol–water partition coefficient (Wildman–Crippen LogP) is 1.50. The number of ether oxygens (including phenoxy) is 2. The Morgan fingerprint density at radius 1 is 1.39 bits per heavy atom. The minimum Gasteiger partial charge on any atom is -0.493 e. The molecule has 0 bridgehead atoms. The van der Waals surface area contributed by atoms with E-state index in [-0.39, 0.29) is 11.8 Å². The Labute approximate surface area is 106 Å². The summed E-state index contributed by atoms with van der Waals surface area (Å²) in [6, 6.07) is 5.52. The number of rotatable bonds is 6. The zero-order valence-electron chi connectivity index (χ0n) is 10.8. The molecule has 0 aliphatic heterocycles. The number of oxime groups is 1. The number of benzene rings is 1. The molecule has 4 N–H and O–H groups in total. The summed E-state index contributed by atoms with van der Waals surface area (Å²) in [7, 11) is 3.17. The topological polar surface area (TPSA) is 89.1 Å². The lowest BCUT2D eigenvalue weighted by molar-refractivity contribution is 0.315. The third kappa shape index (κ3) is 3.44. The molecular formula is C12H19N3O3. The maximum Gasteiger partial charge on any atom is 0.162 e. The van der Waals surface area contributed by atoms with Crippen molar-refractivity contribution in [2.24, 2.45) is 16.8 Å². The molecule has 0 spiro atoms. The van der Waals surface area contributed by atoms with Crippen molar-refractivity contribution in [2.75, 3.05) is 26.1 Å². The fourth-order valence-corrected chi connectivity index (χ4v) is 1.42. The SMILES string of the molecule is COc1ccc(NCC(C)C(N)=NO)cc1OC. The van der Waals surface area contributed by atoms with Gasteiger partial charge in [0.25, 0.3) is 0 Å². The van der Waals surface area contributed by atoms with E-state index in [1.165, 1.54) is 0 Å². The highest BCUT2D eigenvalue weighted by molar-refractivity contribution is 5.82. The van der Waals surface area contributed by atoms with Crippen LogP contribution in [-0.4, -0.2) is 31.8 Å². The van der Waals surface area contributed by atoms with Crippen LogP contribution in [0.5, 0.6) is 11.5 Å². The number of anilines is 1. The van der Waals surface area contributed by atoms with Gasteiger partial charge in [-0.15, -0.1) is 0 Å². The Balaban J connectivity index is 2.68. The molecule has 6 nitrogen and oxygen atoms in total. The van der Waals surface area contributed by atoms with Gasteiger partial charge >= 0.3 is 0 Å². The molecule has 0 saturated heterocycles. The summed E-state index contributed by atoms with van der Waals surface area (Å²) in [6.07, 6.45) is 0. The van der Waals surface area contributed by atoms with E-state index in [1.807, 2.05) is 25.1 Å². The van der Waals surface area contributed by atoms with E-state index < -0.39 is 0 Å². The minimum absolute atomic E-state index is 0.0666. The summed E-state index contributed by atoms with van der Waals surface area (Å²) in [5.41, 5.74) is 6.38. The number of hydrogen-bond donors (Lipinski definition) is 3. The second-order valence-electron chi connectivity index (χ2n) is 3.88. The highest BCUT2D eigenvalue weighted by Gasteiger charge is 2.08. The van der Waals surface area contributed by atoms with E-state index in [1.54, 1.807) is 14.2 Å². The Hall–Kier alpha value is -2.11. The van der Waals surface area contributed by atoms with Gasteiger partial charge in [0, 0.05) is 24.2 Å². The summed E-state index contributed by atoms with van der Waals surface area (Å²) in [6.45, 7) is 2.42. The third-order valence-corrected chi connectivity index (χ3v) is 2.62. The lowest BCUT2D eigenvalue weighted by Crippen LogP contribution is -2.27. The average Bonchev–Trinajstić information content (AvgIpc) is 2.43. The van der Waals surface area contributed by atoms with Crippen LogP contribution >= 0.6 is 0 Å². The summed E-state index contributed by atoms with van der Waals surface area (Å²) in [4.78, 5) is 0. The molecule has 1 rings (SSSR count). The molecule has 1 atom stereocenters. The van der Waals surface area contributed by atoms with Gasteiger partial charge in [-0.2, -0.15) is 0 Å². The number of nitrogens with zero attached hydrogens (tertiary/aromatic N) is 1. The molecule has 1 aromatic rings. The van der Waals surface area contributed by atoms with E-state index in [2.05, 4.69) is 10.5 Å². The number of methoxy groups -OCH3 is 2. The molecular weight excluding hydrogens is 234 g/mol. The second-order valence-corrected chi connectivity index (χ2v) is 3.88. The smallest absolute Gasteiger partial charge is 0.162 e. The molecule has 0 aliphatic rings. The van der Waals surface area contributed by atoms with Crippen molar-refractivity contribution in [2.45, 2.75) is 6.92 Å². The fraction of sp³-hybridized carbons (Fsp3) is 0.417. The number of amidine groups is 1. The molecule has 0 amide bonds. The first-order chi connectivity index (χ1) is 8.62. The Bertz CT molecular complexity index is 421. The summed E-state index contributed by atoms with van der Waals surface area (Å²) >= 11 is 0. The Morgan fingerprint density at radius 2 is 2.06 bits per heavy atom. The number of nitrogens with two attached hydrogens (primary N) is 1. The van der Waals surface area contributed by atoms with Crippen LogP contribution in [0.15, 0.2) is 23.4 Å². The highest BCUT2D eigenvalue weighted by Crippen LogP contribution is 2.29. The van der Waals surface area contributed by atoms with Gasteiger partial charge in [0.2, 0.25) is 0 Å². The van der Waals surface area contributed by atoms with E-state index in [4.69, 9.17) is 20.4 Å². The van der Waals surface area contributed by atoms with Gasteiger partial charge in [0.15, 0.2) is 11.5 Å². The first-order valence-corrected chi connectivity index (χ1v) is 5.55. The molecule has 0 heterocycles. The van der Waals surface area contributed by atoms with Crippen molar-refractivity contribution in [3.63, 3.8) is 0 Å². The molecule has 1 aromatic carbocycles. The van der Waals surface area contributed by atoms with Gasteiger partial charge in [-0.1, -0.05) is 12.1 Å². The minimum atomic E-state index is -0.0666. The van der Waals surface area contributed by atoms with Gasteiger partial charge in [0.05, 0.1) is 14.2 Å². The fourth-order valence-electron chi connectivity index (χ4n) is 1.42. The largest absolute Gasteiger partial charge is 0.493 e. The van der Waals surface area contributed by atoms with Crippen molar-refractivity contribution in [1.29, 1.82) is 0 Å². The lowest BCUT2D eigenvalue weighted by atomic mass is 10.1. The normalized spacial score (nSPS) is 12.9. The number of nitrogens with one attached hydrogen (secondary N) is 1. The van der Waals surface area contributed by atoms with E-state index in [9.17, 15) is 0 Å². The van der Waals surface area contributed by atoms with Crippen LogP contribution in [0.3, 0.4) is 0 Å². The maximum atomic E-state index is 8.55. The van der Waals surface area contributed by atoms with E-state index >= 15 is 0 Å². The molecule has 0 saturated carbocycles. The quantitative estimate of drug-likeness (QED) is 0.309. The van der Waals surface area contributed by atoms with Crippen molar-refractivity contribution >= 4 is 11.5 Å². The monoisotopic (exact) mass is 253 g/mol. The standard InChI is InChI=1S/C12H19N3O3/c1-8(12(13)15-16)7-14-9-4-5-10(17-2)11(6-9)18-3/h4-6,8,14,16H,7H2,1-3H3,(H2,13,15). The van der Waals surface area contributed by atoms with Crippen LogP contribution in [-0.2, 0) is 0 Å². The molecule has 100 valence electrons. The number of hydrogen-bond acceptors (Lipinski definition) is 5. The Morgan fingerprint density at radius 3 is 2.61 bits per heavy atom. The van der Waals surface area contributed by atoms with E-state index in [0.29, 0.717) is 18.0 Å². The summed E-state index contributed by atoms with van der Waals surface area (Å²) in [5.74, 6) is 1.46. The zero-order chi connectivity index (χ0) is 13.5. The molecule has 0 aromatic heterocycles. The molecule has 0 fully saturated rings. The maximum absolute atomic E-state index is 8.55. The first-order valence-electron chi connectivity index (χ1n) is 5.55. The highest BCUT2D eigenvalue weighted by atomic mass is 16.5. The first kappa shape index (κ1) is 14.0. The van der Waals surface area contributed by atoms with Gasteiger partial charge in [-0.25, -0.2) is 0 Å². The predicted molar refractivity (Wildman–Crippen MR) is 70.6 cm³/mol. The van der Waals surface area contributed by atoms with Crippen LogP contribution in [0.4, 0.5) is 5.69 Å². The molecule has 1 unspecified atom stereocenters. The average molecular weight is 253 g/mol. The van der Waals surface area contributed by atoms with Crippen LogP contribution < -0.4 is 20.5 Å². The molecule has 6 heteroatoms. The summed E-state index contributed by atoms with van der Waals surface area (Å²) < 4.78 is 10.3. The van der Waals surface area contributed by atoms with Gasteiger partial charge in [-0.05, 0) is 12.1 Å². The van der Waals surface area contributed by atoms with Crippen molar-refractivity contribution in [1.82, 2.24) is 0 Å². The van der Waals surface area contributed by atoms with Gasteiger partial charge in [-0.3, -0.25) is 0 Å². The van der Waals surface area contributed by atoms with Crippen LogP contribution in [0, 0.1) is 5.92 Å². The van der Waals surface area contributed by atoms with E-state index in [0.717, 1.165) is 5.69 Å². The molecule has 0 aliphatic carbocycles.